The van der Waals surface area contributed by atoms with Gasteiger partial charge in [-0.3, -0.25) is 0 Å². The minimum atomic E-state index is -0.734. The molecule has 0 saturated heterocycles. The van der Waals surface area contributed by atoms with Gasteiger partial charge in [0.05, 0.1) is 12.1 Å². The average molecular weight is 321 g/mol. The van der Waals surface area contributed by atoms with Gasteiger partial charge in [-0.05, 0) is 78.6 Å². The van der Waals surface area contributed by atoms with E-state index in [1.807, 2.05) is 55.5 Å². The number of aliphatic hydroxyl groups is 1. The number of hydrogen-bond acceptors (Lipinski definition) is 3. The lowest BCUT2D eigenvalue weighted by atomic mass is 9.92. The van der Waals surface area contributed by atoms with Crippen LogP contribution in [0.3, 0.4) is 0 Å². The molecule has 0 radical (unpaired) electrons. The van der Waals surface area contributed by atoms with Crippen molar-refractivity contribution in [2.75, 3.05) is 6.61 Å². The molecule has 3 heteroatoms. The Bertz CT molecular complexity index is 864. The van der Waals surface area contributed by atoms with E-state index >= 15 is 0 Å². The molecule has 3 aromatic rings. The van der Waals surface area contributed by atoms with Crippen molar-refractivity contribution < 1.29 is 9.84 Å². The first kappa shape index (κ1) is 16.5. The van der Waals surface area contributed by atoms with Gasteiger partial charge < -0.3 is 15.6 Å². The molecule has 3 N–H and O–H groups in total. The lowest BCUT2D eigenvalue weighted by Gasteiger charge is -2.22. The number of hydrogen-bond donors (Lipinski definition) is 2. The maximum atomic E-state index is 9.43. The lowest BCUT2D eigenvalue weighted by molar-refractivity contribution is 0.210. The Labute approximate surface area is 142 Å². The second kappa shape index (κ2) is 6.27. The SMILES string of the molecule is Cc1cc(C)cc(Oc2ccc3cc(C(C)(N)CO)ccc3c2)c1. The Hall–Kier alpha value is -2.36. The molecule has 1 unspecified atom stereocenters. The molecule has 3 rings (SSSR count). The summed E-state index contributed by atoms with van der Waals surface area (Å²) in [7, 11) is 0. The minimum Gasteiger partial charge on any atom is -0.457 e. The van der Waals surface area contributed by atoms with E-state index in [9.17, 15) is 5.11 Å². The molecule has 3 nitrogen and oxygen atoms in total. The highest BCUT2D eigenvalue weighted by molar-refractivity contribution is 5.84. The van der Waals surface area contributed by atoms with Crippen molar-refractivity contribution >= 4 is 10.8 Å². The normalized spacial score (nSPS) is 13.7. The minimum absolute atomic E-state index is 0.0909. The summed E-state index contributed by atoms with van der Waals surface area (Å²) in [6.45, 7) is 5.86. The van der Waals surface area contributed by atoms with Gasteiger partial charge >= 0.3 is 0 Å². The van der Waals surface area contributed by atoms with Gasteiger partial charge in [0.1, 0.15) is 11.5 Å². The predicted molar refractivity (Wildman–Crippen MR) is 98.6 cm³/mol. The Morgan fingerprint density at radius 1 is 0.875 bits per heavy atom. The third-order valence-corrected chi connectivity index (χ3v) is 4.23. The fraction of sp³-hybridized carbons (Fsp3) is 0.238. The zero-order chi connectivity index (χ0) is 17.3. The summed E-state index contributed by atoms with van der Waals surface area (Å²) in [5.41, 5.74) is 8.66. The Kier molecular flexibility index (Phi) is 4.31. The van der Waals surface area contributed by atoms with E-state index < -0.39 is 5.54 Å². The number of aliphatic hydroxyl groups excluding tert-OH is 1. The zero-order valence-electron chi connectivity index (χ0n) is 14.3. The largest absolute Gasteiger partial charge is 0.457 e. The highest BCUT2D eigenvalue weighted by Crippen LogP contribution is 2.29. The van der Waals surface area contributed by atoms with E-state index in [2.05, 4.69) is 19.9 Å². The summed E-state index contributed by atoms with van der Waals surface area (Å²) in [4.78, 5) is 0. The van der Waals surface area contributed by atoms with Crippen LogP contribution in [0, 0.1) is 13.8 Å². The van der Waals surface area contributed by atoms with Gasteiger partial charge in [0.15, 0.2) is 0 Å². The fourth-order valence-corrected chi connectivity index (χ4v) is 2.86. The topological polar surface area (TPSA) is 55.5 Å². The molecule has 0 spiro atoms. The summed E-state index contributed by atoms with van der Waals surface area (Å²) in [5.74, 6) is 1.65. The highest BCUT2D eigenvalue weighted by atomic mass is 16.5. The molecule has 0 aromatic heterocycles. The smallest absolute Gasteiger partial charge is 0.128 e. The van der Waals surface area contributed by atoms with Crippen LogP contribution in [0.1, 0.15) is 23.6 Å². The van der Waals surface area contributed by atoms with Gasteiger partial charge in [-0.1, -0.05) is 24.3 Å². The van der Waals surface area contributed by atoms with Crippen molar-refractivity contribution in [3.63, 3.8) is 0 Å². The molecule has 0 aliphatic rings. The van der Waals surface area contributed by atoms with Crippen molar-refractivity contribution in [2.45, 2.75) is 26.3 Å². The fourth-order valence-electron chi connectivity index (χ4n) is 2.86. The van der Waals surface area contributed by atoms with Crippen LogP contribution in [0.4, 0.5) is 0 Å². The van der Waals surface area contributed by atoms with Crippen molar-refractivity contribution in [3.8, 4) is 11.5 Å². The van der Waals surface area contributed by atoms with Crippen molar-refractivity contribution in [1.82, 2.24) is 0 Å². The van der Waals surface area contributed by atoms with E-state index in [0.29, 0.717) is 0 Å². The Balaban J connectivity index is 1.93. The van der Waals surface area contributed by atoms with Gasteiger partial charge in [-0.25, -0.2) is 0 Å². The molecule has 0 saturated carbocycles. The first-order valence-corrected chi connectivity index (χ1v) is 8.07. The molecular weight excluding hydrogens is 298 g/mol. The predicted octanol–water partition coefficient (Wildman–Crippen LogP) is 4.42. The monoisotopic (exact) mass is 321 g/mol. The van der Waals surface area contributed by atoms with E-state index in [1.54, 1.807) is 0 Å². The van der Waals surface area contributed by atoms with Gasteiger partial charge in [-0.2, -0.15) is 0 Å². The Morgan fingerprint density at radius 2 is 1.50 bits per heavy atom. The molecule has 1 atom stereocenters. The zero-order valence-corrected chi connectivity index (χ0v) is 14.3. The number of nitrogens with two attached hydrogens (primary N) is 1. The molecule has 24 heavy (non-hydrogen) atoms. The van der Waals surface area contributed by atoms with Crippen LogP contribution >= 0.6 is 0 Å². The quantitative estimate of drug-likeness (QED) is 0.748. The molecule has 0 fully saturated rings. The first-order chi connectivity index (χ1) is 11.4. The summed E-state index contributed by atoms with van der Waals surface area (Å²) < 4.78 is 6.00. The van der Waals surface area contributed by atoms with Gasteiger partial charge in [-0.15, -0.1) is 0 Å². The van der Waals surface area contributed by atoms with Crippen molar-refractivity contribution in [1.29, 1.82) is 0 Å². The summed E-state index contributed by atoms with van der Waals surface area (Å²) >= 11 is 0. The van der Waals surface area contributed by atoms with E-state index in [1.165, 1.54) is 11.1 Å². The van der Waals surface area contributed by atoms with Crippen LogP contribution in [0.5, 0.6) is 11.5 Å². The second-order valence-electron chi connectivity index (χ2n) is 6.72. The third kappa shape index (κ3) is 3.42. The molecular formula is C21H23NO2. The van der Waals surface area contributed by atoms with Crippen LogP contribution < -0.4 is 10.5 Å². The van der Waals surface area contributed by atoms with Crippen LogP contribution in [0.25, 0.3) is 10.8 Å². The van der Waals surface area contributed by atoms with Crippen LogP contribution in [0.2, 0.25) is 0 Å². The molecule has 124 valence electrons. The second-order valence-corrected chi connectivity index (χ2v) is 6.72. The number of fused-ring (bicyclic) bond motifs is 1. The van der Waals surface area contributed by atoms with E-state index in [0.717, 1.165) is 27.8 Å². The van der Waals surface area contributed by atoms with Crippen molar-refractivity contribution in [3.05, 3.63) is 71.3 Å². The standard InChI is InChI=1S/C21H23NO2/c1-14-8-15(2)10-20(9-14)24-19-7-5-16-11-18(21(3,22)13-23)6-4-17(16)12-19/h4-12,23H,13,22H2,1-3H3. The summed E-state index contributed by atoms with van der Waals surface area (Å²) in [6.07, 6.45) is 0. The van der Waals surface area contributed by atoms with Gasteiger partial charge in [0, 0.05) is 0 Å². The van der Waals surface area contributed by atoms with Gasteiger partial charge in [0.25, 0.3) is 0 Å². The highest BCUT2D eigenvalue weighted by Gasteiger charge is 2.19. The number of rotatable bonds is 4. The number of aryl methyl sites for hydroxylation is 2. The Morgan fingerprint density at radius 3 is 2.17 bits per heavy atom. The number of ether oxygens (including phenoxy) is 1. The maximum absolute atomic E-state index is 9.43. The van der Waals surface area contributed by atoms with Crippen LogP contribution in [-0.2, 0) is 5.54 Å². The van der Waals surface area contributed by atoms with E-state index in [4.69, 9.17) is 10.5 Å². The maximum Gasteiger partial charge on any atom is 0.128 e. The van der Waals surface area contributed by atoms with Crippen LogP contribution in [0.15, 0.2) is 54.6 Å². The van der Waals surface area contributed by atoms with Crippen molar-refractivity contribution in [2.24, 2.45) is 5.73 Å². The lowest BCUT2D eigenvalue weighted by Crippen LogP contribution is -2.36. The van der Waals surface area contributed by atoms with Gasteiger partial charge in [0.2, 0.25) is 0 Å². The molecule has 0 heterocycles. The summed E-state index contributed by atoms with van der Waals surface area (Å²) in [6, 6.07) is 18.2. The molecule has 0 amide bonds. The molecule has 3 aromatic carbocycles. The molecule has 0 aliphatic heterocycles. The number of benzene rings is 3. The van der Waals surface area contributed by atoms with Crippen LogP contribution in [-0.4, -0.2) is 11.7 Å². The first-order valence-electron chi connectivity index (χ1n) is 8.07. The summed E-state index contributed by atoms with van der Waals surface area (Å²) in [5, 5.41) is 11.6. The molecule has 0 aliphatic carbocycles. The van der Waals surface area contributed by atoms with E-state index in [-0.39, 0.29) is 6.61 Å². The average Bonchev–Trinajstić information content (AvgIpc) is 2.53. The molecule has 0 bridgehead atoms. The third-order valence-electron chi connectivity index (χ3n) is 4.23.